The van der Waals surface area contributed by atoms with Crippen molar-refractivity contribution in [2.45, 2.75) is 70.5 Å². The summed E-state index contributed by atoms with van der Waals surface area (Å²) >= 11 is 0. The quantitative estimate of drug-likeness (QED) is 0.419. The molecular formula is C25H27F4NO. The molecule has 1 atom stereocenters. The van der Waals surface area contributed by atoms with E-state index in [-0.39, 0.29) is 17.0 Å². The van der Waals surface area contributed by atoms with Crippen molar-refractivity contribution in [3.05, 3.63) is 70.3 Å². The summed E-state index contributed by atoms with van der Waals surface area (Å²) < 4.78 is 62.7. The van der Waals surface area contributed by atoms with Gasteiger partial charge in [-0.2, -0.15) is 14.0 Å². The van der Waals surface area contributed by atoms with E-state index in [0.717, 1.165) is 49.8 Å². The maximum Gasteiger partial charge on any atom is 0.386 e. The summed E-state index contributed by atoms with van der Waals surface area (Å²) in [5.74, 6) is -0.928. The van der Waals surface area contributed by atoms with E-state index < -0.39 is 29.4 Å². The molecule has 2 nitrogen and oxygen atoms in total. The normalized spacial score (nSPS) is 20.3. The minimum Gasteiger partial charge on any atom is -0.309 e. The first-order valence-electron chi connectivity index (χ1n) is 10.8. The monoisotopic (exact) mass is 433 g/mol. The van der Waals surface area contributed by atoms with E-state index in [4.69, 9.17) is 10.00 Å². The predicted molar refractivity (Wildman–Crippen MR) is 111 cm³/mol. The molecule has 0 heterocycles. The van der Waals surface area contributed by atoms with E-state index in [1.807, 2.05) is 0 Å². The van der Waals surface area contributed by atoms with E-state index >= 15 is 0 Å². The van der Waals surface area contributed by atoms with E-state index in [1.54, 1.807) is 12.1 Å². The molecule has 3 rings (SSSR count). The minimum absolute atomic E-state index is 0.136. The fraction of sp³-hybridized carbons (Fsp3) is 0.480. The number of ether oxygens (including phenoxy) is 1. The zero-order valence-corrected chi connectivity index (χ0v) is 17.8. The predicted octanol–water partition coefficient (Wildman–Crippen LogP) is 7.74. The maximum absolute atomic E-state index is 14.7. The highest BCUT2D eigenvalue weighted by molar-refractivity contribution is 5.34. The highest BCUT2D eigenvalue weighted by Gasteiger charge is 2.38. The molecule has 166 valence electrons. The van der Waals surface area contributed by atoms with Crippen molar-refractivity contribution in [2.24, 2.45) is 5.92 Å². The van der Waals surface area contributed by atoms with Gasteiger partial charge >= 0.3 is 6.11 Å². The van der Waals surface area contributed by atoms with Gasteiger partial charge in [0.15, 0.2) is 0 Å². The van der Waals surface area contributed by atoms with Crippen LogP contribution in [-0.4, -0.2) is 0 Å². The third-order valence-electron chi connectivity index (χ3n) is 6.23. The molecule has 0 spiro atoms. The number of rotatable bonds is 7. The summed E-state index contributed by atoms with van der Waals surface area (Å²) in [5.41, 5.74) is -0.142. The van der Waals surface area contributed by atoms with Crippen molar-refractivity contribution < 1.29 is 22.3 Å². The number of hydrogen-bond acceptors (Lipinski definition) is 2. The molecule has 1 aliphatic rings. The molecule has 1 unspecified atom stereocenters. The molecule has 0 aliphatic heterocycles. The average molecular weight is 433 g/mol. The maximum atomic E-state index is 14.7. The first kappa shape index (κ1) is 23.3. The number of benzene rings is 2. The van der Waals surface area contributed by atoms with Crippen molar-refractivity contribution in [1.82, 2.24) is 0 Å². The number of nitrogens with zero attached hydrogens (tertiary/aromatic N) is 1. The molecule has 0 amide bonds. The van der Waals surface area contributed by atoms with Crippen LogP contribution in [0.25, 0.3) is 0 Å². The summed E-state index contributed by atoms with van der Waals surface area (Å²) in [6, 6.07) is 9.05. The van der Waals surface area contributed by atoms with Crippen molar-refractivity contribution in [3.8, 4) is 6.07 Å². The largest absolute Gasteiger partial charge is 0.386 e. The van der Waals surface area contributed by atoms with Crippen LogP contribution >= 0.6 is 0 Å². The van der Waals surface area contributed by atoms with Crippen LogP contribution in [0.3, 0.4) is 0 Å². The molecule has 0 N–H and O–H groups in total. The Balaban J connectivity index is 1.71. The van der Waals surface area contributed by atoms with Crippen molar-refractivity contribution >= 4 is 0 Å². The van der Waals surface area contributed by atoms with Crippen molar-refractivity contribution in [1.29, 1.82) is 5.26 Å². The molecule has 1 aliphatic carbocycles. The Hall–Kier alpha value is -2.39. The number of halogens is 4. The van der Waals surface area contributed by atoms with Gasteiger partial charge in [-0.25, -0.2) is 8.78 Å². The van der Waals surface area contributed by atoms with E-state index in [1.165, 1.54) is 31.5 Å². The summed E-state index contributed by atoms with van der Waals surface area (Å²) in [6.45, 7) is 3.50. The summed E-state index contributed by atoms with van der Waals surface area (Å²) in [4.78, 5) is 0. The summed E-state index contributed by atoms with van der Waals surface area (Å²) in [7, 11) is 0. The summed E-state index contributed by atoms with van der Waals surface area (Å²) in [5, 5.41) is 8.78. The standard InChI is InChI=1S/C25H27F4NO/c1-3-4-17-5-7-18(8-6-17)20-11-12-22(24(27)14-20)25(28,29)31-16(2)19-9-10-21(15-30)23(26)13-19/h9-14,16-18H,3-8H2,1-2H3. The van der Waals surface area contributed by atoms with E-state index in [2.05, 4.69) is 6.92 Å². The van der Waals surface area contributed by atoms with Crippen LogP contribution in [0.5, 0.6) is 0 Å². The van der Waals surface area contributed by atoms with Gasteiger partial charge in [-0.3, -0.25) is 0 Å². The minimum atomic E-state index is -3.88. The molecule has 31 heavy (non-hydrogen) atoms. The van der Waals surface area contributed by atoms with Crippen LogP contribution in [0.2, 0.25) is 0 Å². The van der Waals surface area contributed by atoms with Crippen LogP contribution in [0.15, 0.2) is 36.4 Å². The lowest BCUT2D eigenvalue weighted by Gasteiger charge is -2.29. The zero-order valence-electron chi connectivity index (χ0n) is 17.8. The van der Waals surface area contributed by atoms with E-state index in [0.29, 0.717) is 5.92 Å². The number of nitriles is 1. The second-order valence-electron chi connectivity index (χ2n) is 8.37. The Morgan fingerprint density at radius 1 is 1.06 bits per heavy atom. The number of alkyl halides is 2. The third-order valence-corrected chi connectivity index (χ3v) is 6.23. The highest BCUT2D eigenvalue weighted by atomic mass is 19.3. The lowest BCUT2D eigenvalue weighted by atomic mass is 9.77. The van der Waals surface area contributed by atoms with Gasteiger partial charge in [0, 0.05) is 0 Å². The smallest absolute Gasteiger partial charge is 0.309 e. The number of hydrogen-bond donors (Lipinski definition) is 0. The molecule has 0 saturated heterocycles. The third kappa shape index (κ3) is 5.46. The first-order valence-corrected chi connectivity index (χ1v) is 10.8. The molecular weight excluding hydrogens is 406 g/mol. The molecule has 1 saturated carbocycles. The topological polar surface area (TPSA) is 33.0 Å². The second-order valence-corrected chi connectivity index (χ2v) is 8.37. The fourth-order valence-corrected chi connectivity index (χ4v) is 4.44. The molecule has 0 radical (unpaired) electrons. The van der Waals surface area contributed by atoms with Crippen LogP contribution < -0.4 is 0 Å². The SMILES string of the molecule is CCCC1CCC(c2ccc(C(F)(F)OC(C)c3ccc(C#N)c(F)c3)c(F)c2)CC1. The van der Waals surface area contributed by atoms with Crippen LogP contribution in [0.4, 0.5) is 17.6 Å². The molecule has 0 bridgehead atoms. The van der Waals surface area contributed by atoms with Gasteiger partial charge in [0.05, 0.1) is 17.2 Å². The second kappa shape index (κ2) is 9.82. The van der Waals surface area contributed by atoms with Crippen LogP contribution in [0, 0.1) is 28.9 Å². The summed E-state index contributed by atoms with van der Waals surface area (Å²) in [6.07, 6.45) is 1.32. The van der Waals surface area contributed by atoms with Gasteiger partial charge in [0.2, 0.25) is 0 Å². The average Bonchev–Trinajstić information content (AvgIpc) is 2.74. The Labute approximate surface area is 180 Å². The molecule has 2 aromatic carbocycles. The van der Waals surface area contributed by atoms with Crippen LogP contribution in [0.1, 0.15) is 86.6 Å². The lowest BCUT2D eigenvalue weighted by Crippen LogP contribution is -2.22. The van der Waals surface area contributed by atoms with Gasteiger partial charge in [-0.15, -0.1) is 0 Å². The zero-order chi connectivity index (χ0) is 22.6. The van der Waals surface area contributed by atoms with Crippen molar-refractivity contribution in [2.75, 3.05) is 0 Å². The Morgan fingerprint density at radius 2 is 1.77 bits per heavy atom. The van der Waals surface area contributed by atoms with Gasteiger partial charge in [0.25, 0.3) is 0 Å². The fourth-order valence-electron chi connectivity index (χ4n) is 4.44. The Morgan fingerprint density at radius 3 is 2.35 bits per heavy atom. The molecule has 2 aromatic rings. The van der Waals surface area contributed by atoms with Crippen molar-refractivity contribution in [3.63, 3.8) is 0 Å². The van der Waals surface area contributed by atoms with Gasteiger partial charge in [0.1, 0.15) is 17.7 Å². The van der Waals surface area contributed by atoms with Gasteiger partial charge in [-0.05, 0) is 79.8 Å². The Kier molecular flexibility index (Phi) is 7.38. The van der Waals surface area contributed by atoms with Crippen LogP contribution in [-0.2, 0) is 10.8 Å². The molecule has 0 aromatic heterocycles. The van der Waals surface area contributed by atoms with Gasteiger partial charge in [-0.1, -0.05) is 31.9 Å². The van der Waals surface area contributed by atoms with E-state index in [9.17, 15) is 17.6 Å². The Bertz CT molecular complexity index is 945. The molecule has 1 fully saturated rings. The lowest BCUT2D eigenvalue weighted by molar-refractivity contribution is -0.273. The van der Waals surface area contributed by atoms with Gasteiger partial charge < -0.3 is 4.74 Å². The highest BCUT2D eigenvalue weighted by Crippen LogP contribution is 2.41. The first-order chi connectivity index (χ1) is 14.7. The molecule has 6 heteroatoms.